The molecule has 1 fully saturated rings. The van der Waals surface area contributed by atoms with Crippen LogP contribution in [0.25, 0.3) is 0 Å². The van der Waals surface area contributed by atoms with Crippen molar-refractivity contribution in [1.82, 2.24) is 5.32 Å². The Bertz CT molecular complexity index is 319. The van der Waals surface area contributed by atoms with Gasteiger partial charge >= 0.3 is 0 Å². The van der Waals surface area contributed by atoms with Crippen molar-refractivity contribution < 1.29 is 0 Å². The third-order valence-electron chi connectivity index (χ3n) is 3.73. The Labute approximate surface area is 116 Å². The van der Waals surface area contributed by atoms with Gasteiger partial charge in [0.05, 0.1) is 0 Å². The second-order valence-corrected chi connectivity index (χ2v) is 6.39. The molecule has 2 heteroatoms. The van der Waals surface area contributed by atoms with E-state index in [0.717, 1.165) is 5.92 Å². The normalized spacial score (nSPS) is 21.1. The Hall–Kier alpha value is -0.470. The molecule has 0 spiro atoms. The van der Waals surface area contributed by atoms with Gasteiger partial charge in [0, 0.05) is 6.04 Å². The molecule has 1 aliphatic heterocycles. The van der Waals surface area contributed by atoms with Crippen LogP contribution in [0.1, 0.15) is 44.2 Å². The van der Waals surface area contributed by atoms with Crippen LogP contribution in [0.15, 0.2) is 30.3 Å². The Morgan fingerprint density at radius 1 is 1.33 bits per heavy atom. The van der Waals surface area contributed by atoms with Crippen LogP contribution in [-0.4, -0.2) is 18.1 Å². The standard InChI is InChI=1S/C16H25NS/c1-2-3-9-16(15-7-5-4-6-8-15)17-12-14-10-11-18-13-14/h4-8,14,16-17H,2-3,9-13H2,1H3. The van der Waals surface area contributed by atoms with Gasteiger partial charge in [-0.05, 0) is 42.4 Å². The molecule has 1 heterocycles. The first-order valence-corrected chi connectivity index (χ1v) is 8.41. The lowest BCUT2D eigenvalue weighted by atomic mass is 10.00. The first-order chi connectivity index (χ1) is 8.90. The van der Waals surface area contributed by atoms with E-state index in [1.54, 1.807) is 0 Å². The molecule has 0 aromatic heterocycles. The predicted molar refractivity (Wildman–Crippen MR) is 82.1 cm³/mol. The Balaban J connectivity index is 1.87. The number of rotatable bonds is 7. The minimum Gasteiger partial charge on any atom is -0.310 e. The molecule has 100 valence electrons. The van der Waals surface area contributed by atoms with E-state index < -0.39 is 0 Å². The minimum atomic E-state index is 0.553. The van der Waals surface area contributed by atoms with Crippen LogP contribution < -0.4 is 5.32 Å². The summed E-state index contributed by atoms with van der Waals surface area (Å²) in [6.07, 6.45) is 5.25. The van der Waals surface area contributed by atoms with Crippen molar-refractivity contribution in [2.24, 2.45) is 5.92 Å². The highest BCUT2D eigenvalue weighted by molar-refractivity contribution is 7.99. The first kappa shape index (κ1) is 14.0. The van der Waals surface area contributed by atoms with Gasteiger partial charge in [-0.3, -0.25) is 0 Å². The fourth-order valence-electron chi connectivity index (χ4n) is 2.53. The summed E-state index contributed by atoms with van der Waals surface area (Å²) in [7, 11) is 0. The van der Waals surface area contributed by atoms with Crippen molar-refractivity contribution in [2.45, 2.75) is 38.6 Å². The fourth-order valence-corrected chi connectivity index (χ4v) is 3.82. The Morgan fingerprint density at radius 2 is 2.17 bits per heavy atom. The van der Waals surface area contributed by atoms with Crippen molar-refractivity contribution in [2.75, 3.05) is 18.1 Å². The molecule has 1 aromatic rings. The average molecular weight is 263 g/mol. The second-order valence-electron chi connectivity index (χ2n) is 5.24. The largest absolute Gasteiger partial charge is 0.310 e. The van der Waals surface area contributed by atoms with E-state index in [-0.39, 0.29) is 0 Å². The molecule has 1 aromatic carbocycles. The zero-order chi connectivity index (χ0) is 12.6. The molecule has 2 atom stereocenters. The summed E-state index contributed by atoms with van der Waals surface area (Å²) in [5.74, 6) is 3.60. The molecule has 0 amide bonds. The van der Waals surface area contributed by atoms with Gasteiger partial charge in [-0.2, -0.15) is 11.8 Å². The highest BCUT2D eigenvalue weighted by Crippen LogP contribution is 2.25. The topological polar surface area (TPSA) is 12.0 Å². The lowest BCUT2D eigenvalue weighted by Gasteiger charge is -2.21. The van der Waals surface area contributed by atoms with Gasteiger partial charge in [0.1, 0.15) is 0 Å². The van der Waals surface area contributed by atoms with E-state index in [0.29, 0.717) is 6.04 Å². The van der Waals surface area contributed by atoms with Crippen LogP contribution in [0.4, 0.5) is 0 Å². The van der Waals surface area contributed by atoms with E-state index in [1.165, 1.54) is 49.3 Å². The lowest BCUT2D eigenvalue weighted by molar-refractivity contribution is 0.431. The highest BCUT2D eigenvalue weighted by atomic mass is 32.2. The van der Waals surface area contributed by atoms with E-state index in [9.17, 15) is 0 Å². The molecular weight excluding hydrogens is 238 g/mol. The minimum absolute atomic E-state index is 0.553. The summed E-state index contributed by atoms with van der Waals surface area (Å²) in [5.41, 5.74) is 1.46. The highest BCUT2D eigenvalue weighted by Gasteiger charge is 2.17. The molecule has 0 radical (unpaired) electrons. The number of thioether (sulfide) groups is 1. The molecule has 0 bridgehead atoms. The number of hydrogen-bond donors (Lipinski definition) is 1. The Morgan fingerprint density at radius 3 is 2.83 bits per heavy atom. The quantitative estimate of drug-likeness (QED) is 0.789. The summed E-state index contributed by atoms with van der Waals surface area (Å²) in [5, 5.41) is 3.80. The average Bonchev–Trinajstić information content (AvgIpc) is 2.93. The summed E-state index contributed by atoms with van der Waals surface area (Å²) < 4.78 is 0. The first-order valence-electron chi connectivity index (χ1n) is 7.26. The number of nitrogens with one attached hydrogen (secondary N) is 1. The number of unbranched alkanes of at least 4 members (excludes halogenated alkanes) is 1. The maximum atomic E-state index is 3.80. The van der Waals surface area contributed by atoms with Gasteiger partial charge in [0.25, 0.3) is 0 Å². The smallest absolute Gasteiger partial charge is 0.0320 e. The molecule has 2 rings (SSSR count). The van der Waals surface area contributed by atoms with Crippen LogP contribution in [0.5, 0.6) is 0 Å². The molecule has 0 saturated carbocycles. The van der Waals surface area contributed by atoms with E-state index in [1.807, 2.05) is 0 Å². The third-order valence-corrected chi connectivity index (χ3v) is 4.96. The molecule has 18 heavy (non-hydrogen) atoms. The zero-order valence-corrected chi connectivity index (χ0v) is 12.2. The van der Waals surface area contributed by atoms with Crippen LogP contribution in [0, 0.1) is 5.92 Å². The van der Waals surface area contributed by atoms with Gasteiger partial charge < -0.3 is 5.32 Å². The maximum absolute atomic E-state index is 3.80. The van der Waals surface area contributed by atoms with Gasteiger partial charge in [-0.1, -0.05) is 50.1 Å². The van der Waals surface area contributed by atoms with Crippen LogP contribution in [0.3, 0.4) is 0 Å². The summed E-state index contributed by atoms with van der Waals surface area (Å²) in [4.78, 5) is 0. The molecule has 2 unspecified atom stereocenters. The second kappa shape index (κ2) is 7.85. The van der Waals surface area contributed by atoms with Gasteiger partial charge in [0.2, 0.25) is 0 Å². The SMILES string of the molecule is CCCCC(NCC1CCSC1)c1ccccc1. The monoisotopic (exact) mass is 263 g/mol. The van der Waals surface area contributed by atoms with E-state index >= 15 is 0 Å². The fraction of sp³-hybridized carbons (Fsp3) is 0.625. The summed E-state index contributed by atoms with van der Waals surface area (Å²) >= 11 is 2.11. The van der Waals surface area contributed by atoms with Gasteiger partial charge in [-0.15, -0.1) is 0 Å². The van der Waals surface area contributed by atoms with E-state index in [2.05, 4.69) is 54.3 Å². The molecule has 0 aliphatic carbocycles. The summed E-state index contributed by atoms with van der Waals surface area (Å²) in [6, 6.07) is 11.5. The lowest BCUT2D eigenvalue weighted by Crippen LogP contribution is -2.27. The van der Waals surface area contributed by atoms with Gasteiger partial charge in [-0.25, -0.2) is 0 Å². The van der Waals surface area contributed by atoms with E-state index in [4.69, 9.17) is 0 Å². The van der Waals surface area contributed by atoms with Crippen LogP contribution in [0.2, 0.25) is 0 Å². The van der Waals surface area contributed by atoms with Crippen molar-refractivity contribution in [3.8, 4) is 0 Å². The van der Waals surface area contributed by atoms with Crippen molar-refractivity contribution in [1.29, 1.82) is 0 Å². The van der Waals surface area contributed by atoms with Gasteiger partial charge in [0.15, 0.2) is 0 Å². The van der Waals surface area contributed by atoms with Crippen molar-refractivity contribution in [3.63, 3.8) is 0 Å². The summed E-state index contributed by atoms with van der Waals surface area (Å²) in [6.45, 7) is 3.46. The predicted octanol–water partition coefficient (Wildman–Crippen LogP) is 4.26. The third kappa shape index (κ3) is 4.33. The maximum Gasteiger partial charge on any atom is 0.0320 e. The molecular formula is C16H25NS. The number of benzene rings is 1. The van der Waals surface area contributed by atoms with Crippen LogP contribution in [-0.2, 0) is 0 Å². The van der Waals surface area contributed by atoms with Crippen LogP contribution >= 0.6 is 11.8 Å². The molecule has 1 N–H and O–H groups in total. The Kier molecular flexibility index (Phi) is 6.09. The zero-order valence-electron chi connectivity index (χ0n) is 11.4. The molecule has 1 saturated heterocycles. The van der Waals surface area contributed by atoms with Crippen molar-refractivity contribution >= 4 is 11.8 Å². The molecule has 1 nitrogen and oxygen atoms in total. The molecule has 1 aliphatic rings. The van der Waals surface area contributed by atoms with Crippen molar-refractivity contribution in [3.05, 3.63) is 35.9 Å². The number of hydrogen-bond acceptors (Lipinski definition) is 2.